The van der Waals surface area contributed by atoms with Crippen molar-refractivity contribution in [1.82, 2.24) is 9.97 Å². The lowest BCUT2D eigenvalue weighted by molar-refractivity contribution is 0.588. The maximum Gasteiger partial charge on any atom is 0.225 e. The Hall–Kier alpha value is -1.14. The fraction of sp³-hybridized carbons (Fsp3) is 0.100. The maximum atomic E-state index is 11.9. The minimum absolute atomic E-state index is 0.00692. The van der Waals surface area contributed by atoms with Gasteiger partial charge in [-0.25, -0.2) is 13.4 Å². The van der Waals surface area contributed by atoms with E-state index in [1.165, 1.54) is 12.4 Å². The molecule has 0 spiro atoms. The first-order chi connectivity index (χ1) is 7.58. The van der Waals surface area contributed by atoms with E-state index in [-0.39, 0.29) is 10.9 Å². The highest BCUT2D eigenvalue weighted by Gasteiger charge is 2.17. The molecule has 0 bridgehead atoms. The molecule has 4 nitrogen and oxygen atoms in total. The number of nitrogens with zero attached hydrogens (tertiary/aromatic N) is 1. The Morgan fingerprint density at radius 3 is 2.81 bits per heavy atom. The lowest BCUT2D eigenvalue weighted by Crippen LogP contribution is -2.06. The zero-order valence-electron chi connectivity index (χ0n) is 8.22. The van der Waals surface area contributed by atoms with Crippen LogP contribution in [0.1, 0.15) is 5.56 Å². The molecule has 0 saturated carbocycles. The zero-order chi connectivity index (χ0) is 11.6. The minimum Gasteiger partial charge on any atom is -0.336 e. The van der Waals surface area contributed by atoms with E-state index in [0.29, 0.717) is 0 Å². The summed E-state index contributed by atoms with van der Waals surface area (Å²) in [5, 5.41) is 0.00692. The Bertz CT molecular complexity index is 579. The summed E-state index contributed by atoms with van der Waals surface area (Å²) in [5.41, 5.74) is 0.728. The number of halogens is 1. The molecule has 0 fully saturated rings. The molecule has 0 radical (unpaired) electrons. The summed E-state index contributed by atoms with van der Waals surface area (Å²) in [6, 6.07) is 7.20. The second-order valence-corrected chi connectivity index (χ2v) is 6.10. The highest BCUT2D eigenvalue weighted by molar-refractivity contribution is 9.10. The van der Waals surface area contributed by atoms with E-state index in [0.717, 1.165) is 10.0 Å². The van der Waals surface area contributed by atoms with Gasteiger partial charge in [0.2, 0.25) is 15.0 Å². The molecular formula is C10H9BrN2O2S. The molecule has 0 saturated heterocycles. The summed E-state index contributed by atoms with van der Waals surface area (Å²) in [6.07, 6.45) is 2.92. The minimum atomic E-state index is -3.37. The van der Waals surface area contributed by atoms with Gasteiger partial charge in [0.1, 0.15) is 0 Å². The molecular weight excluding hydrogens is 292 g/mol. The van der Waals surface area contributed by atoms with E-state index < -0.39 is 9.84 Å². The first-order valence-electron chi connectivity index (χ1n) is 4.54. The second kappa shape index (κ2) is 4.39. The number of hydrogen-bond acceptors (Lipinski definition) is 3. The van der Waals surface area contributed by atoms with Crippen molar-refractivity contribution in [3.05, 3.63) is 46.7 Å². The molecule has 6 heteroatoms. The van der Waals surface area contributed by atoms with Crippen molar-refractivity contribution in [2.24, 2.45) is 0 Å². The summed E-state index contributed by atoms with van der Waals surface area (Å²) in [6.45, 7) is 0. The summed E-state index contributed by atoms with van der Waals surface area (Å²) in [4.78, 5) is 6.35. The molecule has 0 aliphatic rings. The predicted molar refractivity (Wildman–Crippen MR) is 63.6 cm³/mol. The van der Waals surface area contributed by atoms with Crippen LogP contribution in [0.3, 0.4) is 0 Å². The lowest BCUT2D eigenvalue weighted by Gasteiger charge is -2.01. The molecule has 1 N–H and O–H groups in total. The zero-order valence-corrected chi connectivity index (χ0v) is 10.6. The van der Waals surface area contributed by atoms with Crippen LogP contribution >= 0.6 is 15.9 Å². The van der Waals surface area contributed by atoms with Gasteiger partial charge in [0.15, 0.2) is 0 Å². The number of aromatic nitrogens is 2. The topological polar surface area (TPSA) is 62.8 Å². The molecule has 1 aromatic carbocycles. The van der Waals surface area contributed by atoms with E-state index in [1.807, 2.05) is 6.07 Å². The van der Waals surface area contributed by atoms with Crippen LogP contribution in [0.25, 0.3) is 0 Å². The number of sulfone groups is 1. The summed E-state index contributed by atoms with van der Waals surface area (Å²) >= 11 is 3.30. The molecule has 2 rings (SSSR count). The van der Waals surface area contributed by atoms with Crippen LogP contribution in [-0.4, -0.2) is 18.4 Å². The molecule has 0 atom stereocenters. The Morgan fingerprint density at radius 1 is 1.38 bits per heavy atom. The molecule has 1 aromatic heterocycles. The second-order valence-electron chi connectivity index (χ2n) is 3.28. The van der Waals surface area contributed by atoms with Gasteiger partial charge >= 0.3 is 0 Å². The normalized spacial score (nSPS) is 11.6. The predicted octanol–water partition coefficient (Wildman–Crippen LogP) is 2.15. The van der Waals surface area contributed by atoms with E-state index in [4.69, 9.17) is 0 Å². The third-order valence-electron chi connectivity index (χ3n) is 2.01. The van der Waals surface area contributed by atoms with E-state index >= 15 is 0 Å². The molecule has 84 valence electrons. The van der Waals surface area contributed by atoms with Crippen molar-refractivity contribution in [2.75, 3.05) is 0 Å². The fourth-order valence-electron chi connectivity index (χ4n) is 1.34. The highest BCUT2D eigenvalue weighted by Crippen LogP contribution is 2.16. The Balaban J connectivity index is 2.29. The fourth-order valence-corrected chi connectivity index (χ4v) is 3.01. The molecule has 2 aromatic rings. The average molecular weight is 301 g/mol. The van der Waals surface area contributed by atoms with Crippen molar-refractivity contribution in [1.29, 1.82) is 0 Å². The van der Waals surface area contributed by atoms with Gasteiger partial charge in [0.05, 0.1) is 5.75 Å². The third-order valence-corrected chi connectivity index (χ3v) is 4.03. The van der Waals surface area contributed by atoms with Gasteiger partial charge in [-0.05, 0) is 17.7 Å². The van der Waals surface area contributed by atoms with Gasteiger partial charge in [-0.1, -0.05) is 28.1 Å². The van der Waals surface area contributed by atoms with Gasteiger partial charge in [-0.15, -0.1) is 0 Å². The van der Waals surface area contributed by atoms with Gasteiger partial charge in [0.25, 0.3) is 0 Å². The van der Waals surface area contributed by atoms with Gasteiger partial charge in [-0.2, -0.15) is 0 Å². The quantitative estimate of drug-likeness (QED) is 0.945. The SMILES string of the molecule is O=S(=O)(Cc1cccc(Br)c1)c1ncc[nH]1. The number of H-pyrrole nitrogens is 1. The lowest BCUT2D eigenvalue weighted by atomic mass is 10.2. The summed E-state index contributed by atoms with van der Waals surface area (Å²) in [7, 11) is -3.37. The van der Waals surface area contributed by atoms with Crippen LogP contribution in [0, 0.1) is 0 Å². The standard InChI is InChI=1S/C10H9BrN2O2S/c11-9-3-1-2-8(6-9)7-16(14,15)10-12-4-5-13-10/h1-6H,7H2,(H,12,13). The Kier molecular flexibility index (Phi) is 3.11. The number of hydrogen-bond donors (Lipinski definition) is 1. The molecule has 1 heterocycles. The number of rotatable bonds is 3. The average Bonchev–Trinajstić information content (AvgIpc) is 2.69. The first kappa shape index (κ1) is 11.3. The Labute approximate surface area is 102 Å². The van der Waals surface area contributed by atoms with Crippen LogP contribution in [-0.2, 0) is 15.6 Å². The number of nitrogens with one attached hydrogen (secondary N) is 1. The molecule has 0 aliphatic carbocycles. The van der Waals surface area contributed by atoms with Gasteiger partial charge in [-0.3, -0.25) is 0 Å². The first-order valence-corrected chi connectivity index (χ1v) is 6.99. The van der Waals surface area contributed by atoms with E-state index in [9.17, 15) is 8.42 Å². The number of imidazole rings is 1. The van der Waals surface area contributed by atoms with Crippen molar-refractivity contribution in [2.45, 2.75) is 10.9 Å². The van der Waals surface area contributed by atoms with E-state index in [2.05, 4.69) is 25.9 Å². The van der Waals surface area contributed by atoms with Gasteiger partial charge < -0.3 is 4.98 Å². The molecule has 0 aliphatic heterocycles. The monoisotopic (exact) mass is 300 g/mol. The highest BCUT2D eigenvalue weighted by atomic mass is 79.9. The third kappa shape index (κ3) is 2.51. The van der Waals surface area contributed by atoms with Crippen LogP contribution in [0.5, 0.6) is 0 Å². The number of aromatic amines is 1. The summed E-state index contributed by atoms with van der Waals surface area (Å²) in [5.74, 6) is -0.0556. The summed E-state index contributed by atoms with van der Waals surface area (Å²) < 4.78 is 24.6. The van der Waals surface area contributed by atoms with Crippen molar-refractivity contribution >= 4 is 25.8 Å². The maximum absolute atomic E-state index is 11.9. The smallest absolute Gasteiger partial charge is 0.225 e. The molecule has 0 amide bonds. The van der Waals surface area contributed by atoms with E-state index in [1.54, 1.807) is 18.2 Å². The van der Waals surface area contributed by atoms with Crippen LogP contribution < -0.4 is 0 Å². The van der Waals surface area contributed by atoms with Crippen molar-refractivity contribution < 1.29 is 8.42 Å². The van der Waals surface area contributed by atoms with Crippen LogP contribution in [0.15, 0.2) is 46.3 Å². The Morgan fingerprint density at radius 2 is 2.19 bits per heavy atom. The largest absolute Gasteiger partial charge is 0.336 e. The van der Waals surface area contributed by atoms with Crippen molar-refractivity contribution in [3.63, 3.8) is 0 Å². The van der Waals surface area contributed by atoms with Gasteiger partial charge in [0, 0.05) is 16.9 Å². The van der Waals surface area contributed by atoms with Crippen molar-refractivity contribution in [3.8, 4) is 0 Å². The molecule has 16 heavy (non-hydrogen) atoms. The van der Waals surface area contributed by atoms with Crippen LogP contribution in [0.2, 0.25) is 0 Å². The number of benzene rings is 1. The van der Waals surface area contributed by atoms with Crippen LogP contribution in [0.4, 0.5) is 0 Å². The molecule has 0 unspecified atom stereocenters.